The predicted octanol–water partition coefficient (Wildman–Crippen LogP) is 12.9. The van der Waals surface area contributed by atoms with Crippen LogP contribution in [0, 0.1) is 45.9 Å². The minimum absolute atomic E-state index is 0.00616. The smallest absolute Gasteiger partial charge is 0.306 e. The first-order valence-electron chi connectivity index (χ1n) is 26.6. The largest absolute Gasteiger partial charge is 0.481 e. The molecule has 2 amide bonds. The molecule has 2 aliphatic carbocycles. The number of aliphatic carboxylic acids is 1. The van der Waals surface area contributed by atoms with Crippen molar-refractivity contribution in [2.24, 2.45) is 22.7 Å². The zero-order valence-electron chi connectivity index (χ0n) is 44.5. The number of rotatable bonds is 18. The number of ether oxygens (including phenoxy) is 1. The Kier molecular flexibility index (Phi) is 18.7. The standard InChI is InChI=1S/C31H37ClF2N2O5.C27H29ClF2N2O5/c1-30(2,3)41-24(38)10-7-18-11-13-31(4,14-12-18)17-23(37)28(39)27-26(32)25(22-6-5-15-36(22)27)29(40)35-19-8-9-20(33)21(34)16-19;1-27(10-8-15(9-11-27)4-7-21(34)35)14-20(33)25(36)24-23(28)22(19-3-2-12-32(19)24)26(37)31-16-5-6-17(29)18(30)13-16/h8-9,16,18H,5-7,10-15,17H2,1-4H3,(H,35,40);5-6,13,15H,2-4,7-12,14H2,1H3,(H,31,37)(H,34,35). The molecule has 2 aliphatic heterocycles. The van der Waals surface area contributed by atoms with Crippen molar-refractivity contribution >= 4 is 81.5 Å². The highest BCUT2D eigenvalue weighted by molar-refractivity contribution is 6.49. The van der Waals surface area contributed by atoms with E-state index in [1.807, 2.05) is 34.6 Å². The number of hydrogen-bond acceptors (Lipinski definition) is 9. The first-order valence-corrected chi connectivity index (χ1v) is 27.3. The van der Waals surface area contributed by atoms with E-state index in [1.165, 1.54) is 12.1 Å². The summed E-state index contributed by atoms with van der Waals surface area (Å²) in [7, 11) is 0. The number of carbonyl (C=O) groups excluding carboxylic acids is 7. The lowest BCUT2D eigenvalue weighted by Gasteiger charge is -2.37. The number of carboxylic acids is 1. The first kappa shape index (κ1) is 59.5. The Balaban J connectivity index is 0.000000227. The van der Waals surface area contributed by atoms with Gasteiger partial charge < -0.3 is 29.6 Å². The Morgan fingerprint density at radius 1 is 0.628 bits per heavy atom. The summed E-state index contributed by atoms with van der Waals surface area (Å²) in [5.74, 6) is -8.59. The van der Waals surface area contributed by atoms with Crippen molar-refractivity contribution in [2.75, 3.05) is 10.6 Å². The number of fused-ring (bicyclic) bond motifs is 2. The Morgan fingerprint density at radius 2 is 1.01 bits per heavy atom. The van der Waals surface area contributed by atoms with Gasteiger partial charge in [-0.2, -0.15) is 0 Å². The van der Waals surface area contributed by atoms with Crippen LogP contribution in [-0.2, 0) is 49.8 Å². The summed E-state index contributed by atoms with van der Waals surface area (Å²) in [5.41, 5.74) is 0.0606. The summed E-state index contributed by atoms with van der Waals surface area (Å²) in [6.07, 6.45) is 10.5. The molecule has 3 N–H and O–H groups in total. The Hall–Kier alpha value is -6.14. The van der Waals surface area contributed by atoms with E-state index in [0.29, 0.717) is 74.8 Å². The number of benzene rings is 2. The van der Waals surface area contributed by atoms with Gasteiger partial charge in [-0.05, 0) is 158 Å². The Morgan fingerprint density at radius 3 is 1.37 bits per heavy atom. The van der Waals surface area contributed by atoms with Crippen LogP contribution in [0.2, 0.25) is 10.0 Å². The maximum atomic E-state index is 13.6. The fourth-order valence-electron chi connectivity index (χ4n) is 11.5. The summed E-state index contributed by atoms with van der Waals surface area (Å²) in [4.78, 5) is 102. The van der Waals surface area contributed by atoms with Crippen molar-refractivity contribution in [3.8, 4) is 0 Å². The van der Waals surface area contributed by atoms with Gasteiger partial charge in [0.25, 0.3) is 11.8 Å². The molecule has 2 aromatic carbocycles. The number of ketones is 4. The molecule has 2 saturated carbocycles. The van der Waals surface area contributed by atoms with E-state index >= 15 is 0 Å². The normalized spacial score (nSPS) is 20.7. The zero-order chi connectivity index (χ0) is 57.0. The van der Waals surface area contributed by atoms with Crippen LogP contribution < -0.4 is 10.6 Å². The quantitative estimate of drug-likeness (QED) is 0.0373. The number of halogens is 6. The van der Waals surface area contributed by atoms with E-state index in [0.717, 1.165) is 82.1 Å². The van der Waals surface area contributed by atoms with Crippen molar-refractivity contribution in [1.29, 1.82) is 0 Å². The van der Waals surface area contributed by atoms with Crippen LogP contribution in [0.1, 0.15) is 190 Å². The van der Waals surface area contributed by atoms with Gasteiger partial charge in [0.2, 0.25) is 23.1 Å². The second kappa shape index (κ2) is 24.5. The molecule has 8 rings (SSSR count). The number of carbonyl (C=O) groups is 8. The lowest BCUT2D eigenvalue weighted by atomic mass is 9.68. The van der Waals surface area contributed by atoms with E-state index in [2.05, 4.69) is 10.6 Å². The lowest BCUT2D eigenvalue weighted by molar-refractivity contribution is -0.155. The third-order valence-corrected chi connectivity index (χ3v) is 16.4. The predicted molar refractivity (Wildman–Crippen MR) is 284 cm³/mol. The van der Waals surface area contributed by atoms with Gasteiger partial charge in [0.15, 0.2) is 23.3 Å². The number of esters is 1. The molecule has 420 valence electrons. The van der Waals surface area contributed by atoms with Gasteiger partial charge in [0, 0.05) is 73.7 Å². The maximum absolute atomic E-state index is 13.6. The molecule has 20 heteroatoms. The topological polar surface area (TPSA) is 200 Å². The van der Waals surface area contributed by atoms with Gasteiger partial charge in [0.05, 0.1) is 21.2 Å². The number of carboxylic acid groups (broad SMARTS) is 1. The van der Waals surface area contributed by atoms with Gasteiger partial charge in [-0.25, -0.2) is 17.6 Å². The number of hydrogen-bond donors (Lipinski definition) is 3. The third-order valence-electron chi connectivity index (χ3n) is 15.7. The molecule has 0 atom stereocenters. The summed E-state index contributed by atoms with van der Waals surface area (Å²) in [6.45, 7) is 10.4. The van der Waals surface area contributed by atoms with Crippen LogP contribution in [0.3, 0.4) is 0 Å². The SMILES string of the molecule is CC1(CC(=O)C(=O)c2c(Cl)c(C(=O)Nc3ccc(F)c(F)c3)c3n2CCC3)CCC(CCC(=O)O)CC1.CC1(CC(=O)C(=O)c2c(Cl)c(C(=O)Nc3ccc(F)c(F)c3)c3n2CCC3)CCC(CCC(=O)OC(C)(C)C)CC1. The summed E-state index contributed by atoms with van der Waals surface area (Å²) in [5, 5.41) is 13.7. The molecule has 0 spiro atoms. The molecule has 0 radical (unpaired) electrons. The average Bonchev–Trinajstić information content (AvgIpc) is 4.24. The first-order chi connectivity index (χ1) is 36.7. The minimum atomic E-state index is -1.11. The fraction of sp³-hybridized carbons (Fsp3) is 0.517. The van der Waals surface area contributed by atoms with E-state index in [1.54, 1.807) is 9.13 Å². The molecule has 2 aromatic heterocycles. The number of anilines is 2. The van der Waals surface area contributed by atoms with Crippen molar-refractivity contribution in [2.45, 2.75) is 169 Å². The van der Waals surface area contributed by atoms with E-state index in [4.69, 9.17) is 33.0 Å². The van der Waals surface area contributed by atoms with E-state index in [-0.39, 0.29) is 80.0 Å². The van der Waals surface area contributed by atoms with Crippen LogP contribution in [0.25, 0.3) is 0 Å². The number of nitrogens with zero attached hydrogens (tertiary/aromatic N) is 2. The molecule has 4 aliphatic rings. The molecule has 0 unspecified atom stereocenters. The fourth-order valence-corrected chi connectivity index (χ4v) is 12.2. The van der Waals surface area contributed by atoms with Crippen LogP contribution in [0.4, 0.5) is 28.9 Å². The van der Waals surface area contributed by atoms with E-state index < -0.39 is 69.8 Å². The molecule has 78 heavy (non-hydrogen) atoms. The van der Waals surface area contributed by atoms with Crippen molar-refractivity contribution < 1.29 is 65.8 Å². The van der Waals surface area contributed by atoms with Gasteiger partial charge in [0.1, 0.15) is 17.0 Å². The van der Waals surface area contributed by atoms with Gasteiger partial charge in [-0.1, -0.05) is 37.0 Å². The molecule has 4 heterocycles. The van der Waals surface area contributed by atoms with Gasteiger partial charge in [-0.3, -0.25) is 38.4 Å². The molecular formula is C58H66Cl2F4N4O10. The van der Waals surface area contributed by atoms with Crippen molar-refractivity contribution in [1.82, 2.24) is 9.13 Å². The summed E-state index contributed by atoms with van der Waals surface area (Å²) in [6, 6.07) is 5.95. The monoisotopic (exact) mass is 1120 g/mol. The molecule has 2 fully saturated rings. The molecular weight excluding hydrogens is 1060 g/mol. The van der Waals surface area contributed by atoms with Crippen LogP contribution in [-0.4, -0.2) is 66.7 Å². The van der Waals surface area contributed by atoms with Gasteiger partial charge >= 0.3 is 11.9 Å². The Bertz CT molecular complexity index is 3030. The van der Waals surface area contributed by atoms with Gasteiger partial charge in [-0.15, -0.1) is 0 Å². The van der Waals surface area contributed by atoms with Crippen LogP contribution >= 0.6 is 23.2 Å². The highest BCUT2D eigenvalue weighted by atomic mass is 35.5. The average molecular weight is 1130 g/mol. The maximum Gasteiger partial charge on any atom is 0.306 e. The second-order valence-corrected chi connectivity index (χ2v) is 23.8. The number of Topliss-reactive ketones (excluding diaryl/α,β-unsaturated/α-hetero) is 4. The highest BCUT2D eigenvalue weighted by Crippen LogP contribution is 2.45. The summed E-state index contributed by atoms with van der Waals surface area (Å²) >= 11 is 13.1. The number of aromatic nitrogens is 2. The molecule has 0 saturated heterocycles. The van der Waals surface area contributed by atoms with Crippen molar-refractivity contribution in [3.05, 3.63) is 104 Å². The summed E-state index contributed by atoms with van der Waals surface area (Å²) < 4.78 is 62.4. The second-order valence-electron chi connectivity index (χ2n) is 23.1. The lowest BCUT2D eigenvalue weighted by Crippen LogP contribution is -2.31. The zero-order valence-corrected chi connectivity index (χ0v) is 46.1. The molecule has 14 nitrogen and oxygen atoms in total. The van der Waals surface area contributed by atoms with E-state index in [9.17, 15) is 55.9 Å². The number of nitrogens with one attached hydrogen (secondary N) is 2. The van der Waals surface area contributed by atoms with Crippen LogP contribution in [0.5, 0.6) is 0 Å². The van der Waals surface area contributed by atoms with Crippen molar-refractivity contribution in [3.63, 3.8) is 0 Å². The highest BCUT2D eigenvalue weighted by Gasteiger charge is 2.41. The molecule has 0 bridgehead atoms. The number of amides is 2. The molecule has 4 aromatic rings. The third kappa shape index (κ3) is 14.2. The minimum Gasteiger partial charge on any atom is -0.481 e. The Labute approximate surface area is 460 Å². The van der Waals surface area contributed by atoms with Crippen LogP contribution in [0.15, 0.2) is 36.4 Å².